The number of likely N-dealkylation sites (tertiary alicyclic amines) is 1. The molecule has 0 aliphatic carbocycles. The van der Waals surface area contributed by atoms with Crippen molar-refractivity contribution in [1.29, 1.82) is 0 Å². The van der Waals surface area contributed by atoms with Crippen LogP contribution >= 0.6 is 11.8 Å². The number of piperidine rings is 1. The summed E-state index contributed by atoms with van der Waals surface area (Å²) in [6, 6.07) is 10.5. The zero-order valence-corrected chi connectivity index (χ0v) is 13.3. The van der Waals surface area contributed by atoms with Gasteiger partial charge in [-0.2, -0.15) is 0 Å². The highest BCUT2D eigenvalue weighted by atomic mass is 32.2. The minimum atomic E-state index is 0.662. The van der Waals surface area contributed by atoms with E-state index in [1.807, 2.05) is 11.8 Å². The number of benzene rings is 1. The third kappa shape index (κ3) is 3.05. The molecule has 2 aliphatic heterocycles. The smallest absolute Gasteiger partial charge is 0.0370 e. The molecule has 2 nitrogen and oxygen atoms in total. The van der Waals surface area contributed by atoms with Crippen molar-refractivity contribution in [1.82, 2.24) is 10.2 Å². The summed E-state index contributed by atoms with van der Waals surface area (Å²) in [5.41, 5.74) is 1.58. The van der Waals surface area contributed by atoms with Gasteiger partial charge in [0.2, 0.25) is 0 Å². The van der Waals surface area contributed by atoms with E-state index in [9.17, 15) is 0 Å². The molecule has 2 atom stereocenters. The molecule has 3 rings (SSSR count). The van der Waals surface area contributed by atoms with Gasteiger partial charge in [-0.1, -0.05) is 24.6 Å². The van der Waals surface area contributed by atoms with Crippen molar-refractivity contribution >= 4 is 11.8 Å². The molecule has 110 valence electrons. The van der Waals surface area contributed by atoms with Gasteiger partial charge in [0.05, 0.1) is 0 Å². The minimum absolute atomic E-state index is 0.662. The standard InChI is InChI=1S/C17H26N2S/c1-18-11-9-14-6-4-5-12-19(14)16-10-13-20-17-8-3-2-7-15(16)17/h2-3,7-8,14,16,18H,4-6,9-13H2,1H3. The summed E-state index contributed by atoms with van der Waals surface area (Å²) in [6.07, 6.45) is 6.78. The molecule has 20 heavy (non-hydrogen) atoms. The average molecular weight is 290 g/mol. The summed E-state index contributed by atoms with van der Waals surface area (Å²) in [7, 11) is 2.07. The molecule has 1 saturated heterocycles. The van der Waals surface area contributed by atoms with E-state index in [1.165, 1.54) is 49.3 Å². The van der Waals surface area contributed by atoms with Gasteiger partial charge in [0.15, 0.2) is 0 Å². The fourth-order valence-electron chi connectivity index (χ4n) is 3.72. The number of hydrogen-bond donors (Lipinski definition) is 1. The summed E-state index contributed by atoms with van der Waals surface area (Å²) < 4.78 is 0. The zero-order valence-electron chi connectivity index (χ0n) is 12.5. The predicted octanol–water partition coefficient (Wildman–Crippen LogP) is 3.69. The first-order valence-corrected chi connectivity index (χ1v) is 9.01. The Morgan fingerprint density at radius 1 is 1.25 bits per heavy atom. The van der Waals surface area contributed by atoms with Gasteiger partial charge in [-0.25, -0.2) is 0 Å². The van der Waals surface area contributed by atoms with Crippen LogP contribution in [0.15, 0.2) is 29.2 Å². The Bertz CT molecular complexity index is 435. The lowest BCUT2D eigenvalue weighted by molar-refractivity contribution is 0.0845. The van der Waals surface area contributed by atoms with Crippen LogP contribution < -0.4 is 5.32 Å². The van der Waals surface area contributed by atoms with Crippen LogP contribution in [0.25, 0.3) is 0 Å². The lowest BCUT2D eigenvalue weighted by atomic mass is 9.93. The molecule has 2 aliphatic rings. The van der Waals surface area contributed by atoms with Crippen molar-refractivity contribution < 1.29 is 0 Å². The second-order valence-electron chi connectivity index (χ2n) is 5.97. The van der Waals surface area contributed by atoms with E-state index in [0.717, 1.165) is 12.6 Å². The summed E-state index contributed by atoms with van der Waals surface area (Å²) in [4.78, 5) is 4.33. The average Bonchev–Trinajstić information content (AvgIpc) is 2.53. The van der Waals surface area contributed by atoms with Gasteiger partial charge < -0.3 is 5.32 Å². The molecular weight excluding hydrogens is 264 g/mol. The van der Waals surface area contributed by atoms with E-state index in [2.05, 4.69) is 41.5 Å². The second-order valence-corrected chi connectivity index (χ2v) is 7.11. The van der Waals surface area contributed by atoms with Gasteiger partial charge in [-0.15, -0.1) is 11.8 Å². The largest absolute Gasteiger partial charge is 0.320 e. The van der Waals surface area contributed by atoms with Crippen LogP contribution in [-0.2, 0) is 0 Å². The summed E-state index contributed by atoms with van der Waals surface area (Å²) in [5.74, 6) is 1.27. The van der Waals surface area contributed by atoms with Gasteiger partial charge >= 0.3 is 0 Å². The molecule has 0 bridgehead atoms. The first-order valence-electron chi connectivity index (χ1n) is 8.02. The first kappa shape index (κ1) is 14.4. The molecular formula is C17H26N2S. The molecule has 1 aromatic rings. The van der Waals surface area contributed by atoms with Crippen LogP contribution in [0.4, 0.5) is 0 Å². The predicted molar refractivity (Wildman–Crippen MR) is 87.4 cm³/mol. The minimum Gasteiger partial charge on any atom is -0.320 e. The molecule has 1 fully saturated rings. The first-order chi connectivity index (χ1) is 9.90. The molecule has 0 saturated carbocycles. The van der Waals surface area contributed by atoms with Crippen LogP contribution in [0.3, 0.4) is 0 Å². The lowest BCUT2D eigenvalue weighted by Crippen LogP contribution is -2.44. The maximum atomic E-state index is 3.33. The van der Waals surface area contributed by atoms with E-state index >= 15 is 0 Å². The molecule has 2 unspecified atom stereocenters. The number of thioether (sulfide) groups is 1. The van der Waals surface area contributed by atoms with Gasteiger partial charge in [0.1, 0.15) is 0 Å². The molecule has 0 aromatic heterocycles. The van der Waals surface area contributed by atoms with Crippen molar-refractivity contribution in [2.75, 3.05) is 25.9 Å². The Hall–Kier alpha value is -0.510. The van der Waals surface area contributed by atoms with E-state index in [0.29, 0.717) is 6.04 Å². The Morgan fingerprint density at radius 3 is 3.05 bits per heavy atom. The number of hydrogen-bond acceptors (Lipinski definition) is 3. The molecule has 1 N–H and O–H groups in total. The van der Waals surface area contributed by atoms with E-state index < -0.39 is 0 Å². The Labute approximate surface area is 127 Å². The van der Waals surface area contributed by atoms with Crippen molar-refractivity contribution in [3.8, 4) is 0 Å². The lowest BCUT2D eigenvalue weighted by Gasteiger charge is -2.43. The molecule has 2 heterocycles. The zero-order chi connectivity index (χ0) is 13.8. The fourth-order valence-corrected chi connectivity index (χ4v) is 4.83. The van der Waals surface area contributed by atoms with Crippen LogP contribution in [-0.4, -0.2) is 36.8 Å². The maximum absolute atomic E-state index is 3.33. The summed E-state index contributed by atoms with van der Waals surface area (Å²) in [6.45, 7) is 2.43. The Kier molecular flexibility index (Phi) is 5.03. The van der Waals surface area contributed by atoms with Crippen LogP contribution in [0.2, 0.25) is 0 Å². The molecule has 1 aromatic carbocycles. The monoisotopic (exact) mass is 290 g/mol. The quantitative estimate of drug-likeness (QED) is 0.910. The van der Waals surface area contributed by atoms with Gasteiger partial charge in [-0.3, -0.25) is 4.90 Å². The highest BCUT2D eigenvalue weighted by molar-refractivity contribution is 7.99. The number of fused-ring (bicyclic) bond motifs is 1. The highest BCUT2D eigenvalue weighted by Crippen LogP contribution is 2.41. The second kappa shape index (κ2) is 6.97. The van der Waals surface area contributed by atoms with Crippen molar-refractivity contribution in [3.05, 3.63) is 29.8 Å². The highest BCUT2D eigenvalue weighted by Gasteiger charge is 2.32. The van der Waals surface area contributed by atoms with E-state index in [1.54, 1.807) is 5.56 Å². The van der Waals surface area contributed by atoms with Crippen molar-refractivity contribution in [3.63, 3.8) is 0 Å². The molecule has 0 spiro atoms. The maximum Gasteiger partial charge on any atom is 0.0370 e. The van der Waals surface area contributed by atoms with Crippen molar-refractivity contribution in [2.45, 2.75) is 49.1 Å². The van der Waals surface area contributed by atoms with E-state index in [-0.39, 0.29) is 0 Å². The molecule has 3 heteroatoms. The summed E-state index contributed by atoms with van der Waals surface area (Å²) >= 11 is 2.04. The van der Waals surface area contributed by atoms with Gasteiger partial charge in [0, 0.05) is 17.0 Å². The number of rotatable bonds is 4. The molecule has 0 amide bonds. The Morgan fingerprint density at radius 2 is 2.15 bits per heavy atom. The topological polar surface area (TPSA) is 15.3 Å². The molecule has 0 radical (unpaired) electrons. The third-order valence-electron chi connectivity index (χ3n) is 4.73. The van der Waals surface area contributed by atoms with Crippen LogP contribution in [0, 0.1) is 0 Å². The van der Waals surface area contributed by atoms with Gasteiger partial charge in [-0.05, 0) is 63.2 Å². The van der Waals surface area contributed by atoms with Crippen LogP contribution in [0.1, 0.15) is 43.7 Å². The van der Waals surface area contributed by atoms with Gasteiger partial charge in [0.25, 0.3) is 0 Å². The summed E-state index contributed by atoms with van der Waals surface area (Å²) in [5, 5.41) is 3.33. The SMILES string of the molecule is CNCCC1CCCCN1C1CCSc2ccccc21. The Balaban J connectivity index is 1.80. The van der Waals surface area contributed by atoms with Crippen molar-refractivity contribution in [2.24, 2.45) is 0 Å². The van der Waals surface area contributed by atoms with Crippen LogP contribution in [0.5, 0.6) is 0 Å². The normalized spacial score (nSPS) is 27.2. The number of nitrogens with one attached hydrogen (secondary N) is 1. The third-order valence-corrected chi connectivity index (χ3v) is 5.85. The fraction of sp³-hybridized carbons (Fsp3) is 0.647. The van der Waals surface area contributed by atoms with E-state index in [4.69, 9.17) is 0 Å². The number of nitrogens with zero attached hydrogens (tertiary/aromatic N) is 1.